The molecule has 0 fully saturated rings. The van der Waals surface area contributed by atoms with E-state index >= 15 is 0 Å². The summed E-state index contributed by atoms with van der Waals surface area (Å²) >= 11 is 0. The summed E-state index contributed by atoms with van der Waals surface area (Å²) < 4.78 is 8.11. The van der Waals surface area contributed by atoms with Gasteiger partial charge in [-0.25, -0.2) is 14.6 Å². The maximum Gasteiger partial charge on any atom is 0.449 e. The van der Waals surface area contributed by atoms with Crippen LogP contribution in [-0.2, 0) is 11.8 Å². The first-order valence-electron chi connectivity index (χ1n) is 6.59. The minimum absolute atomic E-state index is 0.114. The number of para-hydroxylation sites is 2. The highest BCUT2D eigenvalue weighted by Crippen LogP contribution is 2.15. The van der Waals surface area contributed by atoms with Crippen LogP contribution < -0.4 is 10.4 Å². The van der Waals surface area contributed by atoms with Crippen LogP contribution in [0.15, 0.2) is 29.1 Å². The lowest BCUT2D eigenvalue weighted by Gasteiger charge is -2.07. The molecule has 0 saturated carbocycles. The van der Waals surface area contributed by atoms with Gasteiger partial charge < -0.3 is 4.74 Å². The Kier molecular flexibility index (Phi) is 2.97. The largest absolute Gasteiger partial charge is 0.458 e. The highest BCUT2D eigenvalue weighted by Gasteiger charge is 2.27. The molecule has 1 N–H and O–H groups in total. The van der Waals surface area contributed by atoms with E-state index in [-0.39, 0.29) is 17.5 Å². The first-order valence-corrected chi connectivity index (χ1v) is 6.59. The Bertz CT molecular complexity index is 908. The van der Waals surface area contributed by atoms with Crippen molar-refractivity contribution < 1.29 is 14.2 Å². The number of carbonyl (C=O) groups excluding carboxylic acids is 1. The molecule has 0 aliphatic carbocycles. The van der Waals surface area contributed by atoms with E-state index in [0.29, 0.717) is 16.7 Å². The second-order valence-electron chi connectivity index (χ2n) is 5.04. The Morgan fingerprint density at radius 3 is 2.81 bits per heavy atom. The van der Waals surface area contributed by atoms with Crippen molar-refractivity contribution >= 4 is 22.6 Å². The highest BCUT2D eigenvalue weighted by atomic mass is 16.5. The SMILES string of the molecule is CC(C)OC(=O)c1nc2ccccc2n2c(=O)[nH][n+](C)c12. The Balaban J connectivity index is 2.42. The van der Waals surface area contributed by atoms with Crippen molar-refractivity contribution in [1.29, 1.82) is 0 Å². The van der Waals surface area contributed by atoms with Gasteiger partial charge in [-0.1, -0.05) is 12.1 Å². The quantitative estimate of drug-likeness (QED) is 0.552. The average molecular weight is 287 g/mol. The lowest BCUT2D eigenvalue weighted by Crippen LogP contribution is -2.34. The monoisotopic (exact) mass is 287 g/mol. The molecule has 3 aromatic rings. The van der Waals surface area contributed by atoms with E-state index in [1.165, 1.54) is 9.08 Å². The van der Waals surface area contributed by atoms with Crippen molar-refractivity contribution in [3.8, 4) is 0 Å². The summed E-state index contributed by atoms with van der Waals surface area (Å²) in [5.41, 5.74) is 1.36. The number of esters is 1. The van der Waals surface area contributed by atoms with Gasteiger partial charge in [-0.05, 0) is 26.0 Å². The zero-order valence-electron chi connectivity index (χ0n) is 12.0. The van der Waals surface area contributed by atoms with E-state index in [2.05, 4.69) is 10.1 Å². The van der Waals surface area contributed by atoms with Gasteiger partial charge in [-0.15, -0.1) is 4.40 Å². The molecule has 7 nitrogen and oxygen atoms in total. The van der Waals surface area contributed by atoms with E-state index < -0.39 is 5.97 Å². The van der Waals surface area contributed by atoms with Gasteiger partial charge >= 0.3 is 17.3 Å². The number of aromatic amines is 1. The maximum atomic E-state index is 12.2. The molecule has 0 aliphatic heterocycles. The molecule has 21 heavy (non-hydrogen) atoms. The van der Waals surface area contributed by atoms with E-state index in [4.69, 9.17) is 4.74 Å². The molecule has 108 valence electrons. The number of benzene rings is 1. The molecule has 0 atom stereocenters. The maximum absolute atomic E-state index is 12.2. The highest BCUT2D eigenvalue weighted by molar-refractivity contribution is 5.95. The Morgan fingerprint density at radius 1 is 1.38 bits per heavy atom. The van der Waals surface area contributed by atoms with Gasteiger partial charge in [-0.3, -0.25) is 0 Å². The number of H-pyrrole nitrogens is 1. The molecule has 2 heterocycles. The van der Waals surface area contributed by atoms with Crippen LogP contribution in [0.4, 0.5) is 0 Å². The topological polar surface area (TPSA) is 80.3 Å². The molecule has 3 rings (SSSR count). The first-order chi connectivity index (χ1) is 9.99. The molecule has 0 radical (unpaired) electrons. The summed E-state index contributed by atoms with van der Waals surface area (Å²) in [6.45, 7) is 3.53. The molecule has 0 saturated heterocycles. The number of carbonyl (C=O) groups is 1. The average Bonchev–Trinajstić information content (AvgIpc) is 2.73. The fraction of sp³-hybridized carbons (Fsp3) is 0.286. The van der Waals surface area contributed by atoms with Crippen LogP contribution in [-0.4, -0.2) is 26.6 Å². The number of aryl methyl sites for hydroxylation is 1. The van der Waals surface area contributed by atoms with Gasteiger partial charge in [0.05, 0.1) is 6.10 Å². The third-order valence-electron chi connectivity index (χ3n) is 3.10. The van der Waals surface area contributed by atoms with E-state index in [0.717, 1.165) is 0 Å². The molecule has 2 aromatic heterocycles. The Labute approximate surface area is 119 Å². The summed E-state index contributed by atoms with van der Waals surface area (Å²) in [6.07, 6.45) is -0.262. The number of nitrogens with one attached hydrogen (secondary N) is 1. The van der Waals surface area contributed by atoms with E-state index in [1.807, 2.05) is 6.07 Å². The van der Waals surface area contributed by atoms with Crippen LogP contribution in [0.5, 0.6) is 0 Å². The Hall–Kier alpha value is -2.70. The lowest BCUT2D eigenvalue weighted by atomic mass is 10.3. The molecule has 0 spiro atoms. The van der Waals surface area contributed by atoms with Crippen LogP contribution in [0.25, 0.3) is 16.7 Å². The van der Waals surface area contributed by atoms with Crippen molar-refractivity contribution in [2.75, 3.05) is 0 Å². The van der Waals surface area contributed by atoms with E-state index in [9.17, 15) is 9.59 Å². The number of nitrogens with zero attached hydrogens (tertiary/aromatic N) is 3. The third kappa shape index (κ3) is 2.06. The van der Waals surface area contributed by atoms with Crippen LogP contribution in [0.1, 0.15) is 24.3 Å². The van der Waals surface area contributed by atoms with Gasteiger partial charge in [0.2, 0.25) is 5.69 Å². The standard InChI is InChI=1S/C14H14N4O3/c1-8(2)21-13(19)11-12-17(3)16-14(20)18(12)10-7-5-4-6-9(10)15-11/h4-8H,1-3H3/p+1. The number of hydrogen-bond donors (Lipinski definition) is 1. The minimum Gasteiger partial charge on any atom is -0.458 e. The summed E-state index contributed by atoms with van der Waals surface area (Å²) in [5, 5.41) is 2.63. The van der Waals surface area contributed by atoms with Crippen molar-refractivity contribution in [3.05, 3.63) is 40.4 Å². The minimum atomic E-state index is -0.553. The normalized spacial score (nSPS) is 11.4. The van der Waals surface area contributed by atoms with Crippen molar-refractivity contribution in [3.63, 3.8) is 0 Å². The molecule has 0 amide bonds. The molecule has 0 unspecified atom stereocenters. The fourth-order valence-electron chi connectivity index (χ4n) is 2.31. The third-order valence-corrected chi connectivity index (χ3v) is 3.10. The van der Waals surface area contributed by atoms with Crippen LogP contribution >= 0.6 is 0 Å². The number of rotatable bonds is 2. The lowest BCUT2D eigenvalue weighted by molar-refractivity contribution is -0.705. The second-order valence-corrected chi connectivity index (χ2v) is 5.04. The molecule has 1 aromatic carbocycles. The van der Waals surface area contributed by atoms with E-state index in [1.54, 1.807) is 39.1 Å². The summed E-state index contributed by atoms with van der Waals surface area (Å²) in [6, 6.07) is 7.15. The van der Waals surface area contributed by atoms with Gasteiger partial charge in [0.1, 0.15) is 12.6 Å². The zero-order chi connectivity index (χ0) is 15.1. The van der Waals surface area contributed by atoms with Crippen LogP contribution in [0, 0.1) is 0 Å². The van der Waals surface area contributed by atoms with Crippen LogP contribution in [0.3, 0.4) is 0 Å². The van der Waals surface area contributed by atoms with Gasteiger partial charge in [0, 0.05) is 0 Å². The van der Waals surface area contributed by atoms with Crippen molar-refractivity contribution in [2.45, 2.75) is 20.0 Å². The molecular weight excluding hydrogens is 272 g/mol. The molecule has 0 bridgehead atoms. The van der Waals surface area contributed by atoms with Gasteiger partial charge in [0.15, 0.2) is 5.52 Å². The summed E-state index contributed by atoms with van der Waals surface area (Å²) in [5.74, 6) is -0.553. The van der Waals surface area contributed by atoms with Crippen LogP contribution in [0.2, 0.25) is 0 Å². The molecular formula is C14H15N4O3+. The number of ether oxygens (including phenoxy) is 1. The van der Waals surface area contributed by atoms with Gasteiger partial charge in [-0.2, -0.15) is 9.78 Å². The van der Waals surface area contributed by atoms with Crippen molar-refractivity contribution in [2.24, 2.45) is 7.05 Å². The fourth-order valence-corrected chi connectivity index (χ4v) is 2.31. The summed E-state index contributed by atoms with van der Waals surface area (Å²) in [4.78, 5) is 28.7. The predicted molar refractivity (Wildman–Crippen MR) is 75.0 cm³/mol. The Morgan fingerprint density at radius 2 is 2.10 bits per heavy atom. The number of fused-ring (bicyclic) bond motifs is 3. The smallest absolute Gasteiger partial charge is 0.449 e. The molecule has 0 aliphatic rings. The number of aromatic nitrogens is 4. The first kappa shape index (κ1) is 13.3. The number of hydrogen-bond acceptors (Lipinski definition) is 4. The molecule has 7 heteroatoms. The summed E-state index contributed by atoms with van der Waals surface area (Å²) in [7, 11) is 1.65. The second kappa shape index (κ2) is 4.69. The van der Waals surface area contributed by atoms with Gasteiger partial charge in [0.25, 0.3) is 0 Å². The predicted octanol–water partition coefficient (Wildman–Crippen LogP) is 0.565. The zero-order valence-corrected chi connectivity index (χ0v) is 12.0. The van der Waals surface area contributed by atoms with Crippen molar-refractivity contribution in [1.82, 2.24) is 14.5 Å².